The molecule has 1 saturated heterocycles. The van der Waals surface area contributed by atoms with Crippen molar-refractivity contribution in [1.82, 2.24) is 9.80 Å². The largest absolute Gasteiger partial charge is 0.490 e. The van der Waals surface area contributed by atoms with E-state index in [-0.39, 0.29) is 18.0 Å². The lowest BCUT2D eigenvalue weighted by atomic mass is 10.0. The molecule has 2 aliphatic rings. The second-order valence-corrected chi connectivity index (χ2v) is 7.88. The molecular weight excluding hydrogens is 332 g/mol. The van der Waals surface area contributed by atoms with Crippen LogP contribution in [0.4, 0.5) is 4.79 Å². The van der Waals surface area contributed by atoms with Crippen LogP contribution in [-0.2, 0) is 16.0 Å². The first-order valence-electron chi connectivity index (χ1n) is 8.99. The maximum Gasteiger partial charge on any atom is 0.407 e. The Balaban J connectivity index is 1.84. The van der Waals surface area contributed by atoms with Crippen molar-refractivity contribution in [3.8, 4) is 0 Å². The van der Waals surface area contributed by atoms with Crippen LogP contribution >= 0.6 is 0 Å². The number of amides is 2. The molecule has 2 atom stereocenters. The van der Waals surface area contributed by atoms with E-state index >= 15 is 0 Å². The summed E-state index contributed by atoms with van der Waals surface area (Å²) in [6, 6.07) is 9.66. The Morgan fingerprint density at radius 3 is 2.54 bits per heavy atom. The van der Waals surface area contributed by atoms with E-state index < -0.39 is 11.7 Å². The average molecular weight is 358 g/mol. The number of nitrogens with zero attached hydrogens (tertiary/aromatic N) is 2. The van der Waals surface area contributed by atoms with Crippen LogP contribution in [0, 0.1) is 0 Å². The molecule has 0 aromatic heterocycles. The highest BCUT2D eigenvalue weighted by Crippen LogP contribution is 2.32. The van der Waals surface area contributed by atoms with Crippen molar-refractivity contribution in [2.75, 3.05) is 13.1 Å². The molecule has 26 heavy (non-hydrogen) atoms. The highest BCUT2D eigenvalue weighted by Gasteiger charge is 2.42. The van der Waals surface area contributed by atoms with Crippen molar-refractivity contribution in [2.24, 2.45) is 0 Å². The Bertz CT molecular complexity index is 708. The molecule has 0 saturated carbocycles. The van der Waals surface area contributed by atoms with E-state index in [1.165, 1.54) is 4.90 Å². The second-order valence-electron chi connectivity index (χ2n) is 7.88. The van der Waals surface area contributed by atoms with Crippen LogP contribution in [0.25, 0.3) is 0 Å². The number of hydrogen-bond donors (Lipinski definition) is 1. The van der Waals surface area contributed by atoms with Gasteiger partial charge in [-0.3, -0.25) is 4.79 Å². The number of ether oxygens (including phenoxy) is 1. The number of hydrogen-bond acceptors (Lipinski definition) is 3. The first kappa shape index (κ1) is 18.3. The van der Waals surface area contributed by atoms with E-state index in [0.29, 0.717) is 31.7 Å². The maximum atomic E-state index is 12.7. The molecule has 1 fully saturated rings. The SMILES string of the molecule is CC(C)(C)OC1=CC(=O)N(C2CCN(C(=O)O)C2)C1Cc1ccccc1. The van der Waals surface area contributed by atoms with Gasteiger partial charge in [0.05, 0.1) is 12.1 Å². The molecule has 0 bridgehead atoms. The number of likely N-dealkylation sites (tertiary alicyclic amines) is 1. The fourth-order valence-corrected chi connectivity index (χ4v) is 3.65. The molecule has 0 aliphatic carbocycles. The minimum absolute atomic E-state index is 0.0950. The lowest BCUT2D eigenvalue weighted by Crippen LogP contribution is -2.46. The fourth-order valence-electron chi connectivity index (χ4n) is 3.65. The standard InChI is InChI=1S/C20H26N2O4/c1-20(2,3)26-17-12-18(23)22(15-9-10-21(13-15)19(24)25)16(17)11-14-7-5-4-6-8-14/h4-8,12,15-16H,9-11,13H2,1-3H3,(H,24,25). The summed E-state index contributed by atoms with van der Waals surface area (Å²) in [5.41, 5.74) is 0.716. The summed E-state index contributed by atoms with van der Waals surface area (Å²) < 4.78 is 6.09. The summed E-state index contributed by atoms with van der Waals surface area (Å²) in [6.45, 7) is 6.69. The van der Waals surface area contributed by atoms with E-state index in [1.807, 2.05) is 56.0 Å². The van der Waals surface area contributed by atoms with Gasteiger partial charge in [-0.15, -0.1) is 0 Å². The quantitative estimate of drug-likeness (QED) is 0.898. The van der Waals surface area contributed by atoms with Gasteiger partial charge in [0, 0.05) is 25.6 Å². The van der Waals surface area contributed by atoms with Gasteiger partial charge in [-0.05, 0) is 32.8 Å². The van der Waals surface area contributed by atoms with Crippen LogP contribution < -0.4 is 0 Å². The van der Waals surface area contributed by atoms with Gasteiger partial charge in [0.1, 0.15) is 11.4 Å². The van der Waals surface area contributed by atoms with Crippen molar-refractivity contribution < 1.29 is 19.4 Å². The molecule has 2 amide bonds. The highest BCUT2D eigenvalue weighted by atomic mass is 16.5. The predicted octanol–water partition coefficient (Wildman–Crippen LogP) is 2.89. The molecule has 2 heterocycles. The highest BCUT2D eigenvalue weighted by molar-refractivity contribution is 5.92. The molecule has 0 radical (unpaired) electrons. The lowest BCUT2D eigenvalue weighted by molar-refractivity contribution is -0.128. The van der Waals surface area contributed by atoms with Crippen LogP contribution in [0.2, 0.25) is 0 Å². The van der Waals surface area contributed by atoms with Gasteiger partial charge in [-0.2, -0.15) is 0 Å². The van der Waals surface area contributed by atoms with Gasteiger partial charge in [0.2, 0.25) is 0 Å². The van der Waals surface area contributed by atoms with E-state index in [9.17, 15) is 14.7 Å². The number of benzene rings is 1. The van der Waals surface area contributed by atoms with Crippen LogP contribution in [0.1, 0.15) is 32.8 Å². The van der Waals surface area contributed by atoms with Gasteiger partial charge >= 0.3 is 6.09 Å². The Kier molecular flexibility index (Phi) is 4.94. The fraction of sp³-hybridized carbons (Fsp3) is 0.500. The Labute approximate surface area is 154 Å². The van der Waals surface area contributed by atoms with Crippen LogP contribution in [0.15, 0.2) is 42.2 Å². The summed E-state index contributed by atoms with van der Waals surface area (Å²) in [7, 11) is 0. The summed E-state index contributed by atoms with van der Waals surface area (Å²) in [5, 5.41) is 9.23. The number of carbonyl (C=O) groups excluding carboxylic acids is 1. The molecule has 1 N–H and O–H groups in total. The Morgan fingerprint density at radius 1 is 1.27 bits per heavy atom. The van der Waals surface area contributed by atoms with Crippen molar-refractivity contribution >= 4 is 12.0 Å². The summed E-state index contributed by atoms with van der Waals surface area (Å²) in [6.07, 6.45) is 1.94. The third-order valence-electron chi connectivity index (χ3n) is 4.71. The Hall–Kier alpha value is -2.50. The van der Waals surface area contributed by atoms with Gasteiger partial charge < -0.3 is 19.6 Å². The molecule has 1 aromatic rings. The van der Waals surface area contributed by atoms with Crippen molar-refractivity contribution in [3.63, 3.8) is 0 Å². The third-order valence-corrected chi connectivity index (χ3v) is 4.71. The second kappa shape index (κ2) is 7.02. The lowest BCUT2D eigenvalue weighted by Gasteiger charge is -2.34. The first-order chi connectivity index (χ1) is 12.2. The zero-order valence-corrected chi connectivity index (χ0v) is 15.5. The van der Waals surface area contributed by atoms with Crippen LogP contribution in [0.5, 0.6) is 0 Å². The predicted molar refractivity (Wildman–Crippen MR) is 97.7 cm³/mol. The van der Waals surface area contributed by atoms with E-state index in [1.54, 1.807) is 6.08 Å². The first-order valence-corrected chi connectivity index (χ1v) is 8.99. The normalized spacial score (nSPS) is 23.3. The third kappa shape index (κ3) is 4.00. The average Bonchev–Trinajstić information content (AvgIpc) is 3.12. The molecule has 6 nitrogen and oxygen atoms in total. The summed E-state index contributed by atoms with van der Waals surface area (Å²) in [4.78, 5) is 27.2. The topological polar surface area (TPSA) is 70.1 Å². The van der Waals surface area contributed by atoms with Gasteiger partial charge in [-0.1, -0.05) is 30.3 Å². The molecule has 2 unspecified atom stereocenters. The van der Waals surface area contributed by atoms with E-state index in [4.69, 9.17) is 4.74 Å². The smallest absolute Gasteiger partial charge is 0.407 e. The zero-order chi connectivity index (χ0) is 18.9. The van der Waals surface area contributed by atoms with E-state index in [2.05, 4.69) is 0 Å². The minimum atomic E-state index is -0.933. The maximum absolute atomic E-state index is 12.7. The monoisotopic (exact) mass is 358 g/mol. The molecule has 3 rings (SSSR count). The van der Waals surface area contributed by atoms with E-state index in [0.717, 1.165) is 5.56 Å². The Morgan fingerprint density at radius 2 is 1.96 bits per heavy atom. The summed E-state index contributed by atoms with van der Waals surface area (Å²) >= 11 is 0. The van der Waals surface area contributed by atoms with Gasteiger partial charge in [-0.25, -0.2) is 4.79 Å². The molecule has 140 valence electrons. The molecular formula is C20H26N2O4. The summed E-state index contributed by atoms with van der Waals surface area (Å²) in [5.74, 6) is 0.572. The molecule has 0 spiro atoms. The molecule has 2 aliphatic heterocycles. The van der Waals surface area contributed by atoms with Crippen LogP contribution in [-0.4, -0.2) is 57.7 Å². The van der Waals surface area contributed by atoms with Crippen molar-refractivity contribution in [1.29, 1.82) is 0 Å². The molecule has 1 aromatic carbocycles. The van der Waals surface area contributed by atoms with Crippen LogP contribution in [0.3, 0.4) is 0 Å². The van der Waals surface area contributed by atoms with Crippen molar-refractivity contribution in [2.45, 2.75) is 51.3 Å². The molecule has 6 heteroatoms. The van der Waals surface area contributed by atoms with Gasteiger partial charge in [0.15, 0.2) is 0 Å². The number of carbonyl (C=O) groups is 2. The number of rotatable bonds is 4. The van der Waals surface area contributed by atoms with Crippen molar-refractivity contribution in [3.05, 3.63) is 47.7 Å². The van der Waals surface area contributed by atoms with Gasteiger partial charge in [0.25, 0.3) is 5.91 Å². The zero-order valence-electron chi connectivity index (χ0n) is 15.5. The number of carboxylic acid groups (broad SMARTS) is 1. The minimum Gasteiger partial charge on any atom is -0.490 e.